The molecule has 0 bridgehead atoms. The maximum atomic E-state index is 12.2. The van der Waals surface area contributed by atoms with E-state index in [0.29, 0.717) is 0 Å². The molecule has 0 spiro atoms. The molecular weight excluding hydrogens is 234 g/mol. The van der Waals surface area contributed by atoms with Gasteiger partial charge in [-0.1, -0.05) is 31.2 Å². The molecule has 1 atom stereocenters. The fourth-order valence-corrected chi connectivity index (χ4v) is 2.69. The fourth-order valence-electron chi connectivity index (χ4n) is 2.33. The molecule has 0 saturated carbocycles. The summed E-state index contributed by atoms with van der Waals surface area (Å²) >= 11 is 6.33. The zero-order valence-corrected chi connectivity index (χ0v) is 10.9. The number of carbonyl (C=O) groups excluding carboxylic acids is 1. The molecule has 0 aromatic heterocycles. The van der Waals surface area contributed by atoms with Gasteiger partial charge >= 0.3 is 0 Å². The number of hydrogen-bond acceptors (Lipinski definition) is 1. The summed E-state index contributed by atoms with van der Waals surface area (Å²) in [5.41, 5.74) is 2.13. The maximum absolute atomic E-state index is 12.2. The second-order valence-corrected chi connectivity index (χ2v) is 4.88. The standard InChI is InChI=1S/C14H18ClNO/c1-2-11-7-3-4-8-12(11)13(15)14(17)16-9-5-6-10-16/h3-4,7-8,13H,2,5-6,9-10H2,1H3. The molecule has 1 aromatic carbocycles. The molecule has 17 heavy (non-hydrogen) atoms. The quantitative estimate of drug-likeness (QED) is 0.756. The minimum Gasteiger partial charge on any atom is -0.341 e. The van der Waals surface area contributed by atoms with Gasteiger partial charge < -0.3 is 4.90 Å². The largest absolute Gasteiger partial charge is 0.341 e. The van der Waals surface area contributed by atoms with Crippen LogP contribution in [0.2, 0.25) is 0 Å². The molecule has 1 heterocycles. The van der Waals surface area contributed by atoms with Crippen LogP contribution in [0.25, 0.3) is 0 Å². The van der Waals surface area contributed by atoms with Crippen molar-refractivity contribution in [1.82, 2.24) is 4.90 Å². The lowest BCUT2D eigenvalue weighted by atomic mass is 10.0. The van der Waals surface area contributed by atoms with Crippen LogP contribution >= 0.6 is 11.6 Å². The van der Waals surface area contributed by atoms with E-state index in [-0.39, 0.29) is 5.91 Å². The van der Waals surface area contributed by atoms with E-state index in [1.165, 1.54) is 5.56 Å². The van der Waals surface area contributed by atoms with Crippen LogP contribution in [0.15, 0.2) is 24.3 Å². The van der Waals surface area contributed by atoms with E-state index in [2.05, 4.69) is 6.92 Å². The number of carbonyl (C=O) groups is 1. The molecule has 1 aliphatic heterocycles. The molecule has 0 aliphatic carbocycles. The van der Waals surface area contributed by atoms with Crippen molar-refractivity contribution in [3.8, 4) is 0 Å². The zero-order valence-electron chi connectivity index (χ0n) is 10.2. The zero-order chi connectivity index (χ0) is 12.3. The van der Waals surface area contributed by atoms with Crippen molar-refractivity contribution >= 4 is 17.5 Å². The summed E-state index contributed by atoms with van der Waals surface area (Å²) in [6.07, 6.45) is 3.11. The topological polar surface area (TPSA) is 20.3 Å². The van der Waals surface area contributed by atoms with Gasteiger partial charge in [0.25, 0.3) is 0 Å². The molecule has 1 unspecified atom stereocenters. The van der Waals surface area contributed by atoms with E-state index in [4.69, 9.17) is 11.6 Å². The molecule has 1 aliphatic rings. The van der Waals surface area contributed by atoms with Crippen molar-refractivity contribution in [3.05, 3.63) is 35.4 Å². The number of benzene rings is 1. The Morgan fingerprint density at radius 2 is 2.00 bits per heavy atom. The van der Waals surface area contributed by atoms with Gasteiger partial charge in [0, 0.05) is 13.1 Å². The molecule has 3 heteroatoms. The van der Waals surface area contributed by atoms with Crippen LogP contribution in [0.4, 0.5) is 0 Å². The van der Waals surface area contributed by atoms with E-state index in [1.54, 1.807) is 0 Å². The first kappa shape index (κ1) is 12.4. The molecule has 2 nitrogen and oxygen atoms in total. The third kappa shape index (κ3) is 2.63. The van der Waals surface area contributed by atoms with Gasteiger partial charge in [0.15, 0.2) is 0 Å². The molecule has 92 valence electrons. The monoisotopic (exact) mass is 251 g/mol. The van der Waals surface area contributed by atoms with E-state index in [9.17, 15) is 4.79 Å². The lowest BCUT2D eigenvalue weighted by Gasteiger charge is -2.20. The van der Waals surface area contributed by atoms with Gasteiger partial charge in [-0.15, -0.1) is 11.6 Å². The summed E-state index contributed by atoms with van der Waals surface area (Å²) in [5.74, 6) is 0.0602. The van der Waals surface area contributed by atoms with Gasteiger partial charge in [-0.3, -0.25) is 4.79 Å². The minimum atomic E-state index is -0.524. The number of aryl methyl sites for hydroxylation is 1. The summed E-state index contributed by atoms with van der Waals surface area (Å²) in [4.78, 5) is 14.1. The number of rotatable bonds is 3. The second kappa shape index (κ2) is 5.54. The first-order valence-electron chi connectivity index (χ1n) is 6.24. The molecular formula is C14H18ClNO. The normalized spacial score (nSPS) is 17.2. The van der Waals surface area contributed by atoms with Gasteiger partial charge in [-0.05, 0) is 30.4 Å². The lowest BCUT2D eigenvalue weighted by molar-refractivity contribution is -0.129. The molecule has 1 fully saturated rings. The van der Waals surface area contributed by atoms with Crippen molar-refractivity contribution < 1.29 is 4.79 Å². The first-order valence-corrected chi connectivity index (χ1v) is 6.68. The summed E-state index contributed by atoms with van der Waals surface area (Å²) in [6, 6.07) is 7.94. The lowest BCUT2D eigenvalue weighted by Crippen LogP contribution is -2.31. The molecule has 1 saturated heterocycles. The summed E-state index contributed by atoms with van der Waals surface area (Å²) in [6.45, 7) is 3.80. The highest BCUT2D eigenvalue weighted by atomic mass is 35.5. The summed E-state index contributed by atoms with van der Waals surface area (Å²) in [5, 5.41) is -0.524. The highest BCUT2D eigenvalue weighted by Gasteiger charge is 2.26. The van der Waals surface area contributed by atoms with Gasteiger partial charge in [0.2, 0.25) is 5.91 Å². The van der Waals surface area contributed by atoms with Gasteiger partial charge in [-0.2, -0.15) is 0 Å². The number of likely N-dealkylation sites (tertiary alicyclic amines) is 1. The Morgan fingerprint density at radius 1 is 1.35 bits per heavy atom. The predicted octanol–water partition coefficient (Wildman–Crippen LogP) is 3.15. The Morgan fingerprint density at radius 3 is 2.65 bits per heavy atom. The van der Waals surface area contributed by atoms with Gasteiger partial charge in [0.1, 0.15) is 5.38 Å². The van der Waals surface area contributed by atoms with Crippen molar-refractivity contribution in [3.63, 3.8) is 0 Å². The van der Waals surface area contributed by atoms with E-state index in [0.717, 1.165) is 37.9 Å². The summed E-state index contributed by atoms with van der Waals surface area (Å²) in [7, 11) is 0. The molecule has 0 radical (unpaired) electrons. The highest BCUT2D eigenvalue weighted by Crippen LogP contribution is 2.27. The number of halogens is 1. The maximum Gasteiger partial charge on any atom is 0.245 e. The fraction of sp³-hybridized carbons (Fsp3) is 0.500. The van der Waals surface area contributed by atoms with Crippen LogP contribution in [-0.2, 0) is 11.2 Å². The van der Waals surface area contributed by atoms with Crippen molar-refractivity contribution in [2.24, 2.45) is 0 Å². The van der Waals surface area contributed by atoms with Crippen molar-refractivity contribution in [2.75, 3.05) is 13.1 Å². The SMILES string of the molecule is CCc1ccccc1C(Cl)C(=O)N1CCCC1. The minimum absolute atomic E-state index is 0.0602. The van der Waals surface area contributed by atoms with E-state index < -0.39 is 5.38 Å². The number of hydrogen-bond donors (Lipinski definition) is 0. The highest BCUT2D eigenvalue weighted by molar-refractivity contribution is 6.30. The van der Waals surface area contributed by atoms with E-state index in [1.807, 2.05) is 29.2 Å². The Bertz CT molecular complexity index is 399. The summed E-state index contributed by atoms with van der Waals surface area (Å²) < 4.78 is 0. The predicted molar refractivity (Wildman–Crippen MR) is 70.2 cm³/mol. The third-order valence-electron chi connectivity index (χ3n) is 3.34. The van der Waals surface area contributed by atoms with Crippen LogP contribution in [0.5, 0.6) is 0 Å². The second-order valence-electron chi connectivity index (χ2n) is 4.45. The third-order valence-corrected chi connectivity index (χ3v) is 3.77. The molecule has 1 aromatic rings. The Labute approximate surface area is 108 Å². The number of amides is 1. The molecule has 0 N–H and O–H groups in total. The molecule has 1 amide bonds. The Kier molecular flexibility index (Phi) is 4.06. The van der Waals surface area contributed by atoms with Gasteiger partial charge in [0.05, 0.1) is 0 Å². The van der Waals surface area contributed by atoms with E-state index >= 15 is 0 Å². The Hall–Kier alpha value is -1.02. The van der Waals surface area contributed by atoms with Crippen LogP contribution in [0.1, 0.15) is 36.3 Å². The average molecular weight is 252 g/mol. The van der Waals surface area contributed by atoms with Crippen molar-refractivity contribution in [2.45, 2.75) is 31.6 Å². The van der Waals surface area contributed by atoms with Crippen LogP contribution in [0.3, 0.4) is 0 Å². The van der Waals surface area contributed by atoms with Gasteiger partial charge in [-0.25, -0.2) is 0 Å². The smallest absolute Gasteiger partial charge is 0.245 e. The molecule has 2 rings (SSSR count). The Balaban J connectivity index is 2.17. The van der Waals surface area contributed by atoms with Crippen molar-refractivity contribution in [1.29, 1.82) is 0 Å². The van der Waals surface area contributed by atoms with Crippen LogP contribution in [0, 0.1) is 0 Å². The number of alkyl halides is 1. The van der Waals surface area contributed by atoms with Crippen LogP contribution < -0.4 is 0 Å². The average Bonchev–Trinajstić information content (AvgIpc) is 2.90. The number of nitrogens with zero attached hydrogens (tertiary/aromatic N) is 1. The van der Waals surface area contributed by atoms with Crippen LogP contribution in [-0.4, -0.2) is 23.9 Å². The first-order chi connectivity index (χ1) is 8.24.